The molecular formula is C29H36N4O4. The van der Waals surface area contributed by atoms with Crippen molar-refractivity contribution in [3.8, 4) is 5.75 Å². The first kappa shape index (κ1) is 26.6. The highest BCUT2D eigenvalue weighted by Crippen LogP contribution is 2.27. The van der Waals surface area contributed by atoms with E-state index in [0.717, 1.165) is 35.1 Å². The molecule has 1 aliphatic rings. The second-order valence-corrected chi connectivity index (χ2v) is 10.3. The molecule has 1 aromatic heterocycles. The highest BCUT2D eigenvalue weighted by molar-refractivity contribution is 5.95. The van der Waals surface area contributed by atoms with Gasteiger partial charge in [-0.15, -0.1) is 0 Å². The number of para-hydroxylation sites is 1. The van der Waals surface area contributed by atoms with Crippen molar-refractivity contribution in [2.24, 2.45) is 5.92 Å². The van der Waals surface area contributed by atoms with Crippen LogP contribution in [-0.2, 0) is 11.4 Å². The van der Waals surface area contributed by atoms with Crippen molar-refractivity contribution in [2.45, 2.75) is 58.7 Å². The van der Waals surface area contributed by atoms with E-state index in [9.17, 15) is 14.8 Å². The van der Waals surface area contributed by atoms with Crippen LogP contribution >= 0.6 is 0 Å². The van der Waals surface area contributed by atoms with E-state index >= 15 is 0 Å². The number of piperidine rings is 1. The summed E-state index contributed by atoms with van der Waals surface area (Å²) in [5, 5.41) is 13.3. The van der Waals surface area contributed by atoms with Gasteiger partial charge < -0.3 is 10.1 Å². The van der Waals surface area contributed by atoms with E-state index in [2.05, 4.69) is 36.0 Å². The number of hydrogen-bond acceptors (Lipinski definition) is 6. The fraction of sp³-hybridized carbons (Fsp3) is 0.414. The van der Waals surface area contributed by atoms with Gasteiger partial charge in [0.1, 0.15) is 12.4 Å². The number of benzene rings is 2. The Kier molecular flexibility index (Phi) is 8.10. The number of ether oxygens (including phenoxy) is 1. The average Bonchev–Trinajstić information content (AvgIpc) is 2.91. The summed E-state index contributed by atoms with van der Waals surface area (Å²) in [5.74, 6) is -0.582. The van der Waals surface area contributed by atoms with Gasteiger partial charge in [0.15, 0.2) is 0 Å². The number of pyridine rings is 1. The molecule has 3 aromatic rings. The Bertz CT molecular complexity index is 1260. The van der Waals surface area contributed by atoms with E-state index in [1.807, 2.05) is 37.3 Å². The number of hydroxylamine groups is 1. The summed E-state index contributed by atoms with van der Waals surface area (Å²) in [6.07, 6.45) is 1.50. The van der Waals surface area contributed by atoms with Crippen LogP contribution in [0.4, 0.5) is 0 Å². The molecule has 1 saturated heterocycles. The Morgan fingerprint density at radius 1 is 1.16 bits per heavy atom. The van der Waals surface area contributed by atoms with E-state index in [0.29, 0.717) is 30.9 Å². The predicted octanol–water partition coefficient (Wildman–Crippen LogP) is 4.24. The Balaban J connectivity index is 1.43. The Hall–Kier alpha value is -3.49. The lowest BCUT2D eigenvalue weighted by atomic mass is 9.86. The van der Waals surface area contributed by atoms with Crippen LogP contribution in [0, 0.1) is 12.8 Å². The normalized spacial score (nSPS) is 18.4. The Morgan fingerprint density at radius 2 is 1.89 bits per heavy atom. The third-order valence-corrected chi connectivity index (χ3v) is 7.54. The Labute approximate surface area is 218 Å². The van der Waals surface area contributed by atoms with Gasteiger partial charge in [0.2, 0.25) is 5.91 Å². The summed E-state index contributed by atoms with van der Waals surface area (Å²) in [4.78, 5) is 32.3. The van der Waals surface area contributed by atoms with Gasteiger partial charge in [0, 0.05) is 34.3 Å². The standard InChI is InChI=1S/C29H36N4O4/c1-5-29(3,4)33-15-14-24(28(35)32-36)26(17-33)31-27(34)20-10-12-22(13-11-20)37-18-21-16-19(2)30-25-9-7-6-8-23(21)25/h6-13,16,24,26,36H,5,14-15,17-18H2,1-4H3,(H,31,34)(H,32,35)/t24-,26+/m0/s1. The van der Waals surface area contributed by atoms with Crippen molar-refractivity contribution < 1.29 is 19.5 Å². The zero-order valence-electron chi connectivity index (χ0n) is 22.0. The number of aromatic nitrogens is 1. The number of fused-ring (bicyclic) bond motifs is 1. The lowest BCUT2D eigenvalue weighted by molar-refractivity contribution is -0.136. The van der Waals surface area contributed by atoms with Crippen LogP contribution in [-0.4, -0.2) is 51.6 Å². The summed E-state index contributed by atoms with van der Waals surface area (Å²) in [6, 6.07) is 16.6. The predicted molar refractivity (Wildman–Crippen MR) is 142 cm³/mol. The molecule has 1 fully saturated rings. The fourth-order valence-corrected chi connectivity index (χ4v) is 4.90. The number of likely N-dealkylation sites (tertiary alicyclic amines) is 1. The van der Waals surface area contributed by atoms with E-state index in [1.165, 1.54) is 0 Å². The first-order valence-electron chi connectivity index (χ1n) is 12.8. The van der Waals surface area contributed by atoms with Gasteiger partial charge in [0.05, 0.1) is 17.5 Å². The maximum atomic E-state index is 13.1. The number of aryl methyl sites for hydroxylation is 1. The molecule has 37 heavy (non-hydrogen) atoms. The lowest BCUT2D eigenvalue weighted by Crippen LogP contribution is -2.60. The fourth-order valence-electron chi connectivity index (χ4n) is 4.90. The molecule has 2 aromatic carbocycles. The molecule has 8 heteroatoms. The molecule has 0 unspecified atom stereocenters. The van der Waals surface area contributed by atoms with Gasteiger partial charge in [0.25, 0.3) is 5.91 Å². The summed E-state index contributed by atoms with van der Waals surface area (Å²) in [5.41, 5.74) is 5.11. The zero-order chi connectivity index (χ0) is 26.6. The largest absolute Gasteiger partial charge is 0.489 e. The summed E-state index contributed by atoms with van der Waals surface area (Å²) in [7, 11) is 0. The van der Waals surface area contributed by atoms with Crippen LogP contribution in [0.5, 0.6) is 5.75 Å². The minimum atomic E-state index is -0.501. The number of rotatable bonds is 8. The van der Waals surface area contributed by atoms with E-state index in [-0.39, 0.29) is 11.4 Å². The van der Waals surface area contributed by atoms with Crippen molar-refractivity contribution in [3.63, 3.8) is 0 Å². The van der Waals surface area contributed by atoms with Crippen molar-refractivity contribution in [1.82, 2.24) is 20.7 Å². The summed E-state index contributed by atoms with van der Waals surface area (Å²) >= 11 is 0. The van der Waals surface area contributed by atoms with Gasteiger partial charge >= 0.3 is 0 Å². The summed E-state index contributed by atoms with van der Waals surface area (Å²) < 4.78 is 6.02. The second kappa shape index (κ2) is 11.3. The molecule has 2 atom stereocenters. The van der Waals surface area contributed by atoms with Crippen LogP contribution in [0.25, 0.3) is 10.9 Å². The number of nitrogens with one attached hydrogen (secondary N) is 2. The SMILES string of the molecule is CCC(C)(C)N1CC[C@H](C(=O)NO)[C@H](NC(=O)c2ccc(OCc3cc(C)nc4ccccc34)cc2)C1. The molecular weight excluding hydrogens is 468 g/mol. The third-order valence-electron chi connectivity index (χ3n) is 7.54. The molecule has 1 aliphatic heterocycles. The monoisotopic (exact) mass is 504 g/mol. The Morgan fingerprint density at radius 3 is 2.59 bits per heavy atom. The van der Waals surface area contributed by atoms with Crippen molar-refractivity contribution in [3.05, 3.63) is 71.4 Å². The number of hydrogen-bond donors (Lipinski definition) is 3. The molecule has 196 valence electrons. The minimum absolute atomic E-state index is 0.0543. The molecule has 0 saturated carbocycles. The molecule has 0 bridgehead atoms. The maximum Gasteiger partial charge on any atom is 0.251 e. The third kappa shape index (κ3) is 6.09. The minimum Gasteiger partial charge on any atom is -0.489 e. The van der Waals surface area contributed by atoms with Crippen LogP contribution in [0.3, 0.4) is 0 Å². The van der Waals surface area contributed by atoms with E-state index in [1.54, 1.807) is 29.7 Å². The number of carbonyl (C=O) groups is 2. The van der Waals surface area contributed by atoms with Crippen molar-refractivity contribution in [1.29, 1.82) is 0 Å². The van der Waals surface area contributed by atoms with Crippen LogP contribution in [0.1, 0.15) is 55.2 Å². The smallest absolute Gasteiger partial charge is 0.251 e. The molecule has 0 spiro atoms. The lowest BCUT2D eigenvalue weighted by Gasteiger charge is -2.45. The molecule has 0 aliphatic carbocycles. The zero-order valence-corrected chi connectivity index (χ0v) is 22.0. The molecule has 4 rings (SSSR count). The van der Waals surface area contributed by atoms with Gasteiger partial charge in [-0.2, -0.15) is 0 Å². The van der Waals surface area contributed by atoms with Crippen LogP contribution < -0.4 is 15.5 Å². The van der Waals surface area contributed by atoms with Gasteiger partial charge in [-0.1, -0.05) is 25.1 Å². The quantitative estimate of drug-likeness (QED) is 0.313. The second-order valence-electron chi connectivity index (χ2n) is 10.3. The highest BCUT2D eigenvalue weighted by Gasteiger charge is 2.39. The van der Waals surface area contributed by atoms with Crippen molar-refractivity contribution in [2.75, 3.05) is 13.1 Å². The highest BCUT2D eigenvalue weighted by atomic mass is 16.5. The van der Waals surface area contributed by atoms with Crippen molar-refractivity contribution >= 4 is 22.7 Å². The number of carbonyl (C=O) groups excluding carboxylic acids is 2. The first-order valence-corrected chi connectivity index (χ1v) is 12.8. The molecule has 2 heterocycles. The molecule has 0 radical (unpaired) electrons. The number of amides is 2. The molecule has 2 amide bonds. The van der Waals surface area contributed by atoms with Gasteiger partial charge in [-0.25, -0.2) is 5.48 Å². The van der Waals surface area contributed by atoms with E-state index in [4.69, 9.17) is 4.74 Å². The number of nitrogens with zero attached hydrogens (tertiary/aromatic N) is 2. The van der Waals surface area contributed by atoms with Gasteiger partial charge in [-0.05, 0) is 76.6 Å². The summed E-state index contributed by atoms with van der Waals surface area (Å²) in [6.45, 7) is 10.1. The first-order chi connectivity index (χ1) is 17.7. The molecule has 3 N–H and O–H groups in total. The average molecular weight is 505 g/mol. The molecule has 8 nitrogen and oxygen atoms in total. The maximum absolute atomic E-state index is 13.1. The van der Waals surface area contributed by atoms with Gasteiger partial charge in [-0.3, -0.25) is 24.7 Å². The van der Waals surface area contributed by atoms with Crippen LogP contribution in [0.2, 0.25) is 0 Å². The van der Waals surface area contributed by atoms with Crippen LogP contribution in [0.15, 0.2) is 54.6 Å². The topological polar surface area (TPSA) is 104 Å². The van der Waals surface area contributed by atoms with E-state index < -0.39 is 17.9 Å².